The fourth-order valence-corrected chi connectivity index (χ4v) is 4.20. The van der Waals surface area contributed by atoms with Gasteiger partial charge >= 0.3 is 0 Å². The Balaban J connectivity index is 1.54. The Hall–Kier alpha value is -0.750. The van der Waals surface area contributed by atoms with Crippen LogP contribution in [0.15, 0.2) is 24.3 Å². The molecule has 0 spiro atoms. The van der Waals surface area contributed by atoms with E-state index in [9.17, 15) is 9.90 Å². The van der Waals surface area contributed by atoms with E-state index in [1.165, 1.54) is 0 Å². The number of piperidine rings is 1. The van der Waals surface area contributed by atoms with E-state index in [2.05, 4.69) is 5.32 Å². The quantitative estimate of drug-likeness (QED) is 0.886. The van der Waals surface area contributed by atoms with Crippen molar-refractivity contribution in [3.63, 3.8) is 0 Å². The van der Waals surface area contributed by atoms with Gasteiger partial charge in [-0.15, -0.1) is 11.8 Å². The second-order valence-corrected chi connectivity index (χ2v) is 7.40. The molecule has 4 nitrogen and oxygen atoms in total. The molecule has 120 valence electrons. The minimum atomic E-state index is -0.477. The number of benzene rings is 1. The van der Waals surface area contributed by atoms with Gasteiger partial charge in [0.2, 0.25) is 5.91 Å². The topological polar surface area (TPSA) is 52.6 Å². The van der Waals surface area contributed by atoms with Crippen molar-refractivity contribution in [2.75, 3.05) is 24.7 Å². The molecule has 2 fully saturated rings. The number of amides is 1. The number of nitrogens with one attached hydrogen (secondary N) is 1. The van der Waals surface area contributed by atoms with Crippen molar-refractivity contribution < 1.29 is 9.90 Å². The molecular formula is C16H21ClN2O2S. The van der Waals surface area contributed by atoms with Crippen LogP contribution in [0.2, 0.25) is 5.02 Å². The number of carbonyl (C=O) groups excluding carboxylic acids is 1. The summed E-state index contributed by atoms with van der Waals surface area (Å²) in [5.41, 5.74) is 0.906. The van der Waals surface area contributed by atoms with E-state index in [-0.39, 0.29) is 17.9 Å². The maximum atomic E-state index is 12.4. The molecule has 2 N–H and O–H groups in total. The van der Waals surface area contributed by atoms with E-state index in [1.54, 1.807) is 11.8 Å². The molecule has 2 atom stereocenters. The van der Waals surface area contributed by atoms with E-state index in [0.717, 1.165) is 43.1 Å². The highest BCUT2D eigenvalue weighted by Gasteiger charge is 2.32. The number of carbonyl (C=O) groups is 1. The Morgan fingerprint density at radius 1 is 1.32 bits per heavy atom. The Morgan fingerprint density at radius 2 is 2.00 bits per heavy atom. The highest BCUT2D eigenvalue weighted by atomic mass is 35.5. The molecule has 2 aliphatic rings. The van der Waals surface area contributed by atoms with E-state index in [0.29, 0.717) is 5.02 Å². The monoisotopic (exact) mass is 340 g/mol. The maximum absolute atomic E-state index is 12.4. The van der Waals surface area contributed by atoms with Crippen LogP contribution in [-0.4, -0.2) is 46.7 Å². The molecular weight excluding hydrogens is 320 g/mol. The predicted octanol–water partition coefficient (Wildman–Crippen LogP) is 2.27. The van der Waals surface area contributed by atoms with Crippen molar-refractivity contribution in [2.24, 2.45) is 5.92 Å². The van der Waals surface area contributed by atoms with Gasteiger partial charge in [-0.25, -0.2) is 0 Å². The number of thioether (sulfide) groups is 1. The Kier molecular flexibility index (Phi) is 5.29. The van der Waals surface area contributed by atoms with Gasteiger partial charge in [0, 0.05) is 29.7 Å². The second-order valence-electron chi connectivity index (χ2n) is 5.93. The molecule has 22 heavy (non-hydrogen) atoms. The summed E-state index contributed by atoms with van der Waals surface area (Å²) < 4.78 is 0. The van der Waals surface area contributed by atoms with Crippen molar-refractivity contribution in [3.05, 3.63) is 34.9 Å². The van der Waals surface area contributed by atoms with Crippen LogP contribution in [-0.2, 0) is 4.79 Å². The SMILES string of the molecule is O=C([C@@H]1CSCN1)N1CCC([C@H](O)c2ccc(Cl)cc2)CC1. The average molecular weight is 341 g/mol. The van der Waals surface area contributed by atoms with E-state index in [1.807, 2.05) is 29.2 Å². The average Bonchev–Trinajstić information content (AvgIpc) is 3.09. The normalized spacial score (nSPS) is 24.5. The number of halogens is 1. The number of aliphatic hydroxyl groups is 1. The summed E-state index contributed by atoms with van der Waals surface area (Å²) in [6.45, 7) is 1.47. The molecule has 1 aromatic rings. The zero-order valence-electron chi connectivity index (χ0n) is 12.4. The molecule has 0 bridgehead atoms. The largest absolute Gasteiger partial charge is 0.388 e. The molecule has 2 saturated heterocycles. The first-order valence-corrected chi connectivity index (χ1v) is 9.22. The van der Waals surface area contributed by atoms with E-state index >= 15 is 0 Å². The van der Waals surface area contributed by atoms with Gasteiger partial charge in [0.05, 0.1) is 12.1 Å². The molecule has 1 aromatic carbocycles. The van der Waals surface area contributed by atoms with Crippen LogP contribution < -0.4 is 5.32 Å². The van der Waals surface area contributed by atoms with Crippen molar-refractivity contribution >= 4 is 29.3 Å². The number of likely N-dealkylation sites (tertiary alicyclic amines) is 1. The number of aliphatic hydroxyl groups excluding tert-OH is 1. The van der Waals surface area contributed by atoms with Crippen LogP contribution in [0.1, 0.15) is 24.5 Å². The third-order valence-electron chi connectivity index (χ3n) is 4.52. The minimum absolute atomic E-state index is 0.0252. The molecule has 0 saturated carbocycles. The summed E-state index contributed by atoms with van der Waals surface area (Å²) in [5.74, 6) is 2.15. The van der Waals surface area contributed by atoms with Crippen LogP contribution >= 0.6 is 23.4 Å². The number of hydrogen-bond donors (Lipinski definition) is 2. The van der Waals surface area contributed by atoms with Crippen molar-refractivity contribution in [1.29, 1.82) is 0 Å². The van der Waals surface area contributed by atoms with Crippen LogP contribution in [0.4, 0.5) is 0 Å². The second kappa shape index (κ2) is 7.21. The van der Waals surface area contributed by atoms with Crippen molar-refractivity contribution in [2.45, 2.75) is 25.0 Å². The Morgan fingerprint density at radius 3 is 2.59 bits per heavy atom. The molecule has 3 rings (SSSR count). The van der Waals surface area contributed by atoms with E-state index in [4.69, 9.17) is 11.6 Å². The van der Waals surface area contributed by atoms with Crippen molar-refractivity contribution in [3.8, 4) is 0 Å². The lowest BCUT2D eigenvalue weighted by Gasteiger charge is -2.35. The molecule has 2 heterocycles. The highest BCUT2D eigenvalue weighted by molar-refractivity contribution is 7.99. The lowest BCUT2D eigenvalue weighted by Crippen LogP contribution is -2.48. The first-order chi connectivity index (χ1) is 10.6. The molecule has 6 heteroatoms. The van der Waals surface area contributed by atoms with Gasteiger partial charge in [-0.05, 0) is 36.5 Å². The summed E-state index contributed by atoms with van der Waals surface area (Å²) in [6, 6.07) is 7.35. The Labute approximate surface area is 140 Å². The standard InChI is InChI=1S/C16H21ClN2O2S/c17-13-3-1-11(2-4-13)15(20)12-5-7-19(8-6-12)16(21)14-9-22-10-18-14/h1-4,12,14-15,18,20H,5-10H2/t14-,15+/m0/s1. The van der Waals surface area contributed by atoms with Gasteiger partial charge in [-0.2, -0.15) is 0 Å². The van der Waals surface area contributed by atoms with Gasteiger partial charge < -0.3 is 10.0 Å². The number of nitrogens with zero attached hydrogens (tertiary/aromatic N) is 1. The van der Waals surface area contributed by atoms with Crippen LogP contribution in [0.3, 0.4) is 0 Å². The first-order valence-electron chi connectivity index (χ1n) is 7.68. The molecule has 1 amide bonds. The highest BCUT2D eigenvalue weighted by Crippen LogP contribution is 2.31. The molecule has 0 unspecified atom stereocenters. The maximum Gasteiger partial charge on any atom is 0.240 e. The minimum Gasteiger partial charge on any atom is -0.388 e. The van der Waals surface area contributed by atoms with Gasteiger partial charge in [-0.3, -0.25) is 10.1 Å². The predicted molar refractivity (Wildman–Crippen MR) is 90.0 cm³/mol. The van der Waals surface area contributed by atoms with Gasteiger partial charge in [0.25, 0.3) is 0 Å². The lowest BCUT2D eigenvalue weighted by atomic mass is 9.87. The van der Waals surface area contributed by atoms with Gasteiger partial charge in [-0.1, -0.05) is 23.7 Å². The van der Waals surface area contributed by atoms with Crippen LogP contribution in [0.25, 0.3) is 0 Å². The van der Waals surface area contributed by atoms with Gasteiger partial charge in [0.15, 0.2) is 0 Å². The molecule has 0 radical (unpaired) electrons. The first kappa shape index (κ1) is 16.1. The zero-order chi connectivity index (χ0) is 15.5. The fraction of sp³-hybridized carbons (Fsp3) is 0.562. The summed E-state index contributed by atoms with van der Waals surface area (Å²) in [7, 11) is 0. The summed E-state index contributed by atoms with van der Waals surface area (Å²) in [6.07, 6.45) is 1.21. The summed E-state index contributed by atoms with van der Waals surface area (Å²) >= 11 is 7.65. The Bertz CT molecular complexity index is 511. The van der Waals surface area contributed by atoms with Crippen LogP contribution in [0, 0.1) is 5.92 Å². The smallest absolute Gasteiger partial charge is 0.240 e. The van der Waals surface area contributed by atoms with Crippen molar-refractivity contribution in [1.82, 2.24) is 10.2 Å². The zero-order valence-corrected chi connectivity index (χ0v) is 13.9. The third-order valence-corrected chi connectivity index (χ3v) is 5.72. The molecule has 2 aliphatic heterocycles. The summed E-state index contributed by atoms with van der Waals surface area (Å²) in [5, 5.41) is 14.4. The number of rotatable bonds is 3. The fourth-order valence-electron chi connectivity index (χ4n) is 3.14. The van der Waals surface area contributed by atoms with Gasteiger partial charge in [0.1, 0.15) is 0 Å². The third kappa shape index (κ3) is 3.59. The summed E-state index contributed by atoms with van der Waals surface area (Å²) in [4.78, 5) is 14.3. The van der Waals surface area contributed by atoms with E-state index < -0.39 is 6.10 Å². The van der Waals surface area contributed by atoms with Crippen LogP contribution in [0.5, 0.6) is 0 Å². The lowest BCUT2D eigenvalue weighted by molar-refractivity contribution is -0.134. The molecule has 0 aliphatic carbocycles. The number of hydrogen-bond acceptors (Lipinski definition) is 4. The molecule has 0 aromatic heterocycles.